The van der Waals surface area contributed by atoms with Gasteiger partial charge in [-0.25, -0.2) is 0 Å². The summed E-state index contributed by atoms with van der Waals surface area (Å²) in [6.07, 6.45) is 4.06. The van der Waals surface area contributed by atoms with Crippen LogP contribution in [0.3, 0.4) is 0 Å². The minimum atomic E-state index is 0.444. The van der Waals surface area contributed by atoms with Crippen molar-refractivity contribution < 1.29 is 14.3 Å². The molecule has 0 atom stereocenters. The van der Waals surface area contributed by atoms with E-state index in [4.69, 9.17) is 9.47 Å². The Labute approximate surface area is 145 Å². The Balaban J connectivity index is 0.000000773. The van der Waals surface area contributed by atoms with Crippen molar-refractivity contribution in [2.75, 3.05) is 7.11 Å². The van der Waals surface area contributed by atoms with Gasteiger partial charge < -0.3 is 9.47 Å². The Morgan fingerprint density at radius 2 is 1.58 bits per heavy atom. The van der Waals surface area contributed by atoms with Gasteiger partial charge in [-0.2, -0.15) is 0 Å². The number of carbonyl (C=O) groups excluding carboxylic acids is 1. The van der Waals surface area contributed by atoms with E-state index in [2.05, 4.69) is 13.2 Å². The van der Waals surface area contributed by atoms with Crippen molar-refractivity contribution in [3.05, 3.63) is 85.0 Å². The molecule has 0 heterocycles. The average Bonchev–Trinajstić information content (AvgIpc) is 2.68. The normalized spacial score (nSPS) is 8.46. The van der Waals surface area contributed by atoms with E-state index in [1.807, 2.05) is 44.2 Å². The topological polar surface area (TPSA) is 35.5 Å². The van der Waals surface area contributed by atoms with E-state index in [1.54, 1.807) is 37.5 Å². The summed E-state index contributed by atoms with van der Waals surface area (Å²) in [4.78, 5) is 10.7. The van der Waals surface area contributed by atoms with Gasteiger partial charge in [-0.3, -0.25) is 4.79 Å². The maximum absolute atomic E-state index is 10.7. The summed E-state index contributed by atoms with van der Waals surface area (Å²) in [5.41, 5.74) is 1.63. The molecule has 0 unspecified atom stereocenters. The fraction of sp³-hybridized carbons (Fsp3) is 0.190. The Kier molecular flexibility index (Phi) is 12.2. The fourth-order valence-corrected chi connectivity index (χ4v) is 1.61. The molecule has 2 rings (SSSR count). The van der Waals surface area contributed by atoms with Gasteiger partial charge >= 0.3 is 0 Å². The van der Waals surface area contributed by atoms with Gasteiger partial charge in [0.2, 0.25) is 0 Å². The van der Waals surface area contributed by atoms with Crippen LogP contribution < -0.4 is 9.47 Å². The SMILES string of the molecule is C=CC=C.CC.COc1ccc(C=O)cc1OCc1ccccc1. The Hall–Kier alpha value is -2.81. The molecule has 24 heavy (non-hydrogen) atoms. The van der Waals surface area contributed by atoms with Crippen LogP contribution in [0.15, 0.2) is 73.8 Å². The van der Waals surface area contributed by atoms with Crippen molar-refractivity contribution in [1.29, 1.82) is 0 Å². The van der Waals surface area contributed by atoms with Crippen molar-refractivity contribution in [2.24, 2.45) is 0 Å². The maximum Gasteiger partial charge on any atom is 0.162 e. The molecule has 3 heteroatoms. The summed E-state index contributed by atoms with van der Waals surface area (Å²) in [6.45, 7) is 11.2. The molecule has 0 N–H and O–H groups in total. The second-order valence-electron chi connectivity index (χ2n) is 4.27. The van der Waals surface area contributed by atoms with Crippen LogP contribution in [0.5, 0.6) is 11.5 Å². The molecule has 0 radical (unpaired) electrons. The van der Waals surface area contributed by atoms with Gasteiger partial charge in [0.1, 0.15) is 12.9 Å². The van der Waals surface area contributed by atoms with Gasteiger partial charge in [-0.05, 0) is 23.8 Å². The van der Waals surface area contributed by atoms with Crippen LogP contribution in [0.2, 0.25) is 0 Å². The first kappa shape index (κ1) is 21.2. The quantitative estimate of drug-likeness (QED) is 0.521. The fourth-order valence-electron chi connectivity index (χ4n) is 1.61. The number of benzene rings is 2. The van der Waals surface area contributed by atoms with Crippen molar-refractivity contribution in [1.82, 2.24) is 0 Å². The summed E-state index contributed by atoms with van der Waals surface area (Å²) in [7, 11) is 1.57. The molecule has 0 bridgehead atoms. The molecule has 128 valence electrons. The van der Waals surface area contributed by atoms with Gasteiger partial charge in [-0.1, -0.05) is 69.5 Å². The Bertz CT molecular complexity index is 598. The van der Waals surface area contributed by atoms with E-state index in [-0.39, 0.29) is 0 Å². The first-order valence-electron chi connectivity index (χ1n) is 7.78. The molecule has 0 aromatic heterocycles. The first-order chi connectivity index (χ1) is 11.7. The highest BCUT2D eigenvalue weighted by Gasteiger charge is 2.05. The summed E-state index contributed by atoms with van der Waals surface area (Å²) < 4.78 is 10.9. The van der Waals surface area contributed by atoms with Gasteiger partial charge in [0, 0.05) is 5.56 Å². The lowest BCUT2D eigenvalue weighted by atomic mass is 10.2. The average molecular weight is 326 g/mol. The Morgan fingerprint density at radius 1 is 0.958 bits per heavy atom. The second-order valence-corrected chi connectivity index (χ2v) is 4.27. The van der Waals surface area contributed by atoms with Gasteiger partial charge in [0.25, 0.3) is 0 Å². The standard InChI is InChI=1S/C15H14O3.C4H6.C2H6/c1-17-14-8-7-13(10-16)9-15(14)18-11-12-5-3-2-4-6-12;1-3-4-2;1-2/h2-10H,11H2,1H3;3-4H,1-2H2;1-2H3. The zero-order valence-electron chi connectivity index (χ0n) is 14.7. The van der Waals surface area contributed by atoms with Crippen LogP contribution in [0.4, 0.5) is 0 Å². The third-order valence-electron chi connectivity index (χ3n) is 2.73. The smallest absolute Gasteiger partial charge is 0.162 e. The molecule has 0 saturated carbocycles. The van der Waals surface area contributed by atoms with Crippen LogP contribution in [0, 0.1) is 0 Å². The van der Waals surface area contributed by atoms with Crippen LogP contribution >= 0.6 is 0 Å². The highest BCUT2D eigenvalue weighted by Crippen LogP contribution is 2.28. The third kappa shape index (κ3) is 7.99. The van der Waals surface area contributed by atoms with E-state index in [0.717, 1.165) is 11.8 Å². The van der Waals surface area contributed by atoms with E-state index in [9.17, 15) is 4.79 Å². The monoisotopic (exact) mass is 326 g/mol. The molecule has 3 nitrogen and oxygen atoms in total. The molecule has 0 amide bonds. The van der Waals surface area contributed by atoms with Crippen LogP contribution in [0.1, 0.15) is 29.8 Å². The van der Waals surface area contributed by atoms with Gasteiger partial charge in [-0.15, -0.1) is 0 Å². The number of hydrogen-bond acceptors (Lipinski definition) is 3. The molecule has 0 aliphatic heterocycles. The van der Waals surface area contributed by atoms with Crippen molar-refractivity contribution in [3.63, 3.8) is 0 Å². The lowest BCUT2D eigenvalue weighted by Gasteiger charge is -2.11. The van der Waals surface area contributed by atoms with E-state index < -0.39 is 0 Å². The number of hydrogen-bond donors (Lipinski definition) is 0. The molecule has 0 aliphatic rings. The van der Waals surface area contributed by atoms with Crippen LogP contribution in [-0.4, -0.2) is 13.4 Å². The van der Waals surface area contributed by atoms with Crippen molar-refractivity contribution in [2.45, 2.75) is 20.5 Å². The zero-order chi connectivity index (χ0) is 18.2. The predicted octanol–water partition coefficient (Wildman–Crippen LogP) is 5.47. The van der Waals surface area contributed by atoms with E-state index >= 15 is 0 Å². The number of carbonyl (C=O) groups is 1. The van der Waals surface area contributed by atoms with Crippen molar-refractivity contribution >= 4 is 6.29 Å². The summed E-state index contributed by atoms with van der Waals surface area (Å²) >= 11 is 0. The highest BCUT2D eigenvalue weighted by atomic mass is 16.5. The Morgan fingerprint density at radius 3 is 2.08 bits per heavy atom. The highest BCUT2D eigenvalue weighted by molar-refractivity contribution is 5.76. The minimum Gasteiger partial charge on any atom is -0.493 e. The molecule has 0 fully saturated rings. The number of methoxy groups -OCH3 is 1. The number of allylic oxidation sites excluding steroid dienone is 2. The molecule has 0 aliphatic carbocycles. The summed E-state index contributed by atoms with van der Waals surface area (Å²) in [5, 5.41) is 0. The number of ether oxygens (including phenoxy) is 2. The number of rotatable bonds is 6. The van der Waals surface area contributed by atoms with Crippen LogP contribution in [-0.2, 0) is 6.61 Å². The van der Waals surface area contributed by atoms with Crippen molar-refractivity contribution in [3.8, 4) is 11.5 Å². The largest absolute Gasteiger partial charge is 0.493 e. The van der Waals surface area contributed by atoms with E-state index in [0.29, 0.717) is 23.7 Å². The summed E-state index contributed by atoms with van der Waals surface area (Å²) in [5.74, 6) is 1.20. The van der Waals surface area contributed by atoms with Crippen LogP contribution in [0.25, 0.3) is 0 Å². The third-order valence-corrected chi connectivity index (χ3v) is 2.73. The van der Waals surface area contributed by atoms with E-state index in [1.165, 1.54) is 0 Å². The molecule has 0 saturated heterocycles. The predicted molar refractivity (Wildman–Crippen MR) is 101 cm³/mol. The van der Waals surface area contributed by atoms with Gasteiger partial charge in [0.05, 0.1) is 7.11 Å². The summed E-state index contributed by atoms with van der Waals surface area (Å²) in [6, 6.07) is 14.9. The minimum absolute atomic E-state index is 0.444. The maximum atomic E-state index is 10.7. The molecule has 2 aromatic rings. The molecule has 0 spiro atoms. The lowest BCUT2D eigenvalue weighted by Crippen LogP contribution is -1.98. The lowest BCUT2D eigenvalue weighted by molar-refractivity contribution is 0.112. The zero-order valence-corrected chi connectivity index (χ0v) is 14.7. The first-order valence-corrected chi connectivity index (χ1v) is 7.78. The molecular formula is C21H26O3. The second kappa shape index (κ2) is 13.8. The molecular weight excluding hydrogens is 300 g/mol. The molecule has 2 aromatic carbocycles. The van der Waals surface area contributed by atoms with Gasteiger partial charge in [0.15, 0.2) is 11.5 Å². The number of aldehydes is 1.